The fourth-order valence-corrected chi connectivity index (χ4v) is 3.50. The molecule has 2 aromatic rings. The zero-order valence-corrected chi connectivity index (χ0v) is 13.2. The van der Waals surface area contributed by atoms with Gasteiger partial charge in [0, 0.05) is 23.7 Å². The van der Waals surface area contributed by atoms with E-state index in [1.165, 1.54) is 0 Å². The first-order chi connectivity index (χ1) is 11.6. The minimum Gasteiger partial charge on any atom is -0.508 e. The van der Waals surface area contributed by atoms with E-state index in [0.29, 0.717) is 23.9 Å². The molecule has 6 nitrogen and oxygen atoms in total. The molecule has 124 valence electrons. The quantitative estimate of drug-likeness (QED) is 0.821. The summed E-state index contributed by atoms with van der Waals surface area (Å²) in [5.41, 5.74) is 5.96. The van der Waals surface area contributed by atoms with Gasteiger partial charge in [-0.1, -0.05) is 0 Å². The van der Waals surface area contributed by atoms with Gasteiger partial charge in [0.05, 0.1) is 12.0 Å². The third kappa shape index (κ3) is 2.18. The molecule has 0 spiro atoms. The van der Waals surface area contributed by atoms with E-state index in [0.717, 1.165) is 12.0 Å². The van der Waals surface area contributed by atoms with Crippen molar-refractivity contribution >= 4 is 11.8 Å². The normalized spacial score (nSPS) is 26.4. The molecule has 3 atom stereocenters. The maximum Gasteiger partial charge on any atom is 0.313 e. The lowest BCUT2D eigenvalue weighted by Gasteiger charge is -2.14. The summed E-state index contributed by atoms with van der Waals surface area (Å²) in [5.74, 6) is 1.83. The SMILES string of the molecule is CCOC(=O)C12CC1C2c1cc(Oc2ccnc(N)c2)ccc1O. The molecule has 2 aliphatic rings. The Kier molecular flexibility index (Phi) is 3.16. The molecule has 0 aliphatic heterocycles. The second-order valence-corrected chi connectivity index (χ2v) is 6.29. The Labute approximate surface area is 139 Å². The molecule has 0 saturated heterocycles. The highest BCUT2D eigenvalue weighted by Crippen LogP contribution is 2.85. The summed E-state index contributed by atoms with van der Waals surface area (Å²) in [6, 6.07) is 8.38. The number of aromatic hydroxyl groups is 1. The van der Waals surface area contributed by atoms with E-state index in [2.05, 4.69) is 4.98 Å². The molecular formula is C18H18N2O4. The maximum atomic E-state index is 12.1. The molecule has 3 unspecified atom stereocenters. The number of ether oxygens (including phenoxy) is 2. The van der Waals surface area contributed by atoms with Crippen LogP contribution in [0.5, 0.6) is 17.2 Å². The molecule has 0 radical (unpaired) electrons. The summed E-state index contributed by atoms with van der Waals surface area (Å²) < 4.78 is 10.9. The number of phenolic OH excluding ortho intramolecular Hbond substituents is 1. The molecule has 2 fully saturated rings. The first-order valence-electron chi connectivity index (χ1n) is 7.95. The van der Waals surface area contributed by atoms with E-state index in [1.807, 2.05) is 0 Å². The van der Waals surface area contributed by atoms with Crippen molar-refractivity contribution in [3.05, 3.63) is 42.1 Å². The van der Waals surface area contributed by atoms with Crippen LogP contribution in [0.15, 0.2) is 36.5 Å². The minimum atomic E-state index is -0.423. The minimum absolute atomic E-state index is 0.0163. The number of carbonyl (C=O) groups excluding carboxylic acids is 1. The molecule has 2 aliphatic carbocycles. The maximum absolute atomic E-state index is 12.1. The topological polar surface area (TPSA) is 94.7 Å². The van der Waals surface area contributed by atoms with Crippen LogP contribution >= 0.6 is 0 Å². The third-order valence-corrected chi connectivity index (χ3v) is 4.89. The first-order valence-corrected chi connectivity index (χ1v) is 7.95. The summed E-state index contributed by atoms with van der Waals surface area (Å²) in [6.45, 7) is 2.17. The van der Waals surface area contributed by atoms with Gasteiger partial charge in [-0.05, 0) is 43.5 Å². The smallest absolute Gasteiger partial charge is 0.313 e. The molecule has 1 aromatic heterocycles. The van der Waals surface area contributed by atoms with Crippen LogP contribution in [-0.4, -0.2) is 22.7 Å². The number of esters is 1. The molecule has 4 rings (SSSR count). The molecule has 1 heterocycles. The largest absolute Gasteiger partial charge is 0.508 e. The number of aromatic nitrogens is 1. The van der Waals surface area contributed by atoms with Gasteiger partial charge in [-0.25, -0.2) is 4.98 Å². The van der Waals surface area contributed by atoms with Crippen molar-refractivity contribution in [2.24, 2.45) is 11.3 Å². The van der Waals surface area contributed by atoms with Crippen LogP contribution in [0.3, 0.4) is 0 Å². The van der Waals surface area contributed by atoms with Gasteiger partial charge in [0.2, 0.25) is 0 Å². The summed E-state index contributed by atoms with van der Waals surface area (Å²) >= 11 is 0. The van der Waals surface area contributed by atoms with Crippen LogP contribution in [0.2, 0.25) is 0 Å². The molecule has 0 amide bonds. The monoisotopic (exact) mass is 326 g/mol. The number of phenols is 1. The van der Waals surface area contributed by atoms with Crippen molar-refractivity contribution in [1.29, 1.82) is 0 Å². The number of fused-ring (bicyclic) bond motifs is 1. The van der Waals surface area contributed by atoms with Gasteiger partial charge in [-0.3, -0.25) is 4.79 Å². The van der Waals surface area contributed by atoms with E-state index >= 15 is 0 Å². The Hall–Kier alpha value is -2.76. The number of carbonyl (C=O) groups is 1. The first kappa shape index (κ1) is 14.8. The van der Waals surface area contributed by atoms with Crippen LogP contribution in [0, 0.1) is 11.3 Å². The van der Waals surface area contributed by atoms with Crippen LogP contribution in [0.4, 0.5) is 5.82 Å². The van der Waals surface area contributed by atoms with E-state index in [1.54, 1.807) is 43.5 Å². The van der Waals surface area contributed by atoms with Gasteiger partial charge in [-0.2, -0.15) is 0 Å². The third-order valence-electron chi connectivity index (χ3n) is 4.89. The molecular weight excluding hydrogens is 308 g/mol. The number of benzene rings is 1. The van der Waals surface area contributed by atoms with Gasteiger partial charge in [0.15, 0.2) is 0 Å². The van der Waals surface area contributed by atoms with E-state index in [-0.39, 0.29) is 23.6 Å². The summed E-state index contributed by atoms with van der Waals surface area (Å²) in [6.07, 6.45) is 2.40. The van der Waals surface area contributed by atoms with Crippen molar-refractivity contribution < 1.29 is 19.4 Å². The van der Waals surface area contributed by atoms with Gasteiger partial charge < -0.3 is 20.3 Å². The number of hydrogen-bond donors (Lipinski definition) is 2. The number of rotatable bonds is 5. The van der Waals surface area contributed by atoms with Crippen molar-refractivity contribution in [2.75, 3.05) is 12.3 Å². The highest BCUT2D eigenvalue weighted by molar-refractivity contribution is 5.89. The Bertz CT molecular complexity index is 822. The van der Waals surface area contributed by atoms with Gasteiger partial charge >= 0.3 is 5.97 Å². The number of pyridine rings is 1. The Morgan fingerprint density at radius 1 is 1.38 bits per heavy atom. The standard InChI is InChI=1S/C18H18N2O4/c1-2-23-17(22)18-9-13(18)16(18)12-7-10(3-4-14(12)21)24-11-5-6-20-15(19)8-11/h3-8,13,16,21H,2,9H2,1H3,(H2,19,20). The number of anilines is 1. The zero-order valence-electron chi connectivity index (χ0n) is 13.2. The predicted molar refractivity (Wildman–Crippen MR) is 86.7 cm³/mol. The van der Waals surface area contributed by atoms with Crippen molar-refractivity contribution in [3.8, 4) is 17.2 Å². The fourth-order valence-electron chi connectivity index (χ4n) is 3.50. The Morgan fingerprint density at radius 2 is 2.17 bits per heavy atom. The number of nitrogens with zero attached hydrogens (tertiary/aromatic N) is 1. The molecule has 0 bridgehead atoms. The average Bonchev–Trinajstić information content (AvgIpc) is 3.40. The molecule has 24 heavy (non-hydrogen) atoms. The highest BCUT2D eigenvalue weighted by Gasteiger charge is 2.84. The van der Waals surface area contributed by atoms with Crippen molar-refractivity contribution in [2.45, 2.75) is 19.3 Å². The van der Waals surface area contributed by atoms with Crippen LogP contribution in [-0.2, 0) is 9.53 Å². The van der Waals surface area contributed by atoms with Crippen LogP contribution in [0.1, 0.15) is 24.8 Å². The average molecular weight is 326 g/mol. The zero-order chi connectivity index (χ0) is 16.9. The number of hydrogen-bond acceptors (Lipinski definition) is 6. The van der Waals surface area contributed by atoms with Crippen LogP contribution in [0.25, 0.3) is 0 Å². The molecule has 2 saturated carbocycles. The lowest BCUT2D eigenvalue weighted by Crippen LogP contribution is -2.15. The lowest BCUT2D eigenvalue weighted by molar-refractivity contribution is -0.147. The second kappa shape index (κ2) is 5.12. The summed E-state index contributed by atoms with van der Waals surface area (Å²) in [5, 5.41) is 10.2. The van der Waals surface area contributed by atoms with Gasteiger partial charge in [0.25, 0.3) is 0 Å². The Morgan fingerprint density at radius 3 is 2.88 bits per heavy atom. The lowest BCUT2D eigenvalue weighted by atomic mass is 9.96. The van der Waals surface area contributed by atoms with Crippen molar-refractivity contribution in [3.63, 3.8) is 0 Å². The fraction of sp³-hybridized carbons (Fsp3) is 0.333. The molecule has 1 aromatic carbocycles. The van der Waals surface area contributed by atoms with E-state index in [9.17, 15) is 9.90 Å². The van der Waals surface area contributed by atoms with E-state index < -0.39 is 5.41 Å². The van der Waals surface area contributed by atoms with Gasteiger partial charge in [-0.15, -0.1) is 0 Å². The van der Waals surface area contributed by atoms with Gasteiger partial charge in [0.1, 0.15) is 23.1 Å². The highest BCUT2D eigenvalue weighted by atomic mass is 16.5. The predicted octanol–water partition coefficient (Wildman–Crippen LogP) is 2.83. The summed E-state index contributed by atoms with van der Waals surface area (Å²) in [4.78, 5) is 16.0. The van der Waals surface area contributed by atoms with Crippen molar-refractivity contribution in [1.82, 2.24) is 4.98 Å². The summed E-state index contributed by atoms with van der Waals surface area (Å²) in [7, 11) is 0. The van der Waals surface area contributed by atoms with E-state index in [4.69, 9.17) is 15.2 Å². The second-order valence-electron chi connectivity index (χ2n) is 6.29. The Balaban J connectivity index is 1.57. The number of nitrogens with two attached hydrogens (primary N) is 1. The molecule has 3 N–H and O–H groups in total. The number of nitrogen functional groups attached to an aromatic ring is 1. The van der Waals surface area contributed by atoms with Crippen LogP contribution < -0.4 is 10.5 Å². The molecule has 6 heteroatoms.